The smallest absolute Gasteiger partial charge is 0.315 e. The summed E-state index contributed by atoms with van der Waals surface area (Å²) in [7, 11) is 0. The second kappa shape index (κ2) is 5.39. The molecule has 3 rings (SSSR count). The highest BCUT2D eigenvalue weighted by Gasteiger charge is 2.18. The first kappa shape index (κ1) is 13.9. The van der Waals surface area contributed by atoms with E-state index in [1.54, 1.807) is 0 Å². The largest absolute Gasteiger partial charge is 0.493 e. The van der Waals surface area contributed by atoms with Crippen molar-refractivity contribution in [2.24, 2.45) is 5.41 Å². The Morgan fingerprint density at radius 1 is 1.24 bits per heavy atom. The van der Waals surface area contributed by atoms with Gasteiger partial charge in [0.15, 0.2) is 0 Å². The second-order valence-electron chi connectivity index (χ2n) is 6.60. The number of nitrogens with zero attached hydrogens (tertiary/aromatic N) is 2. The molecule has 1 N–H and O–H groups in total. The minimum absolute atomic E-state index is 0.137. The molecule has 1 aliphatic rings. The van der Waals surface area contributed by atoms with Gasteiger partial charge in [-0.1, -0.05) is 44.1 Å². The molecular weight excluding hydrogens is 266 g/mol. The zero-order valence-electron chi connectivity index (χ0n) is 12.8. The highest BCUT2D eigenvalue weighted by Crippen LogP contribution is 2.30. The van der Waals surface area contributed by atoms with Crippen LogP contribution in [-0.2, 0) is 19.4 Å². The summed E-state index contributed by atoms with van der Waals surface area (Å²) in [4.78, 5) is 0. The van der Waals surface area contributed by atoms with Crippen molar-refractivity contribution in [3.05, 3.63) is 35.2 Å². The van der Waals surface area contributed by atoms with Crippen LogP contribution in [-0.4, -0.2) is 16.8 Å². The molecule has 1 aromatic carbocycles. The van der Waals surface area contributed by atoms with Crippen LogP contribution in [0.3, 0.4) is 0 Å². The van der Waals surface area contributed by atoms with Crippen LogP contribution in [0.2, 0.25) is 0 Å². The molecule has 0 aliphatic carbocycles. The highest BCUT2D eigenvalue weighted by atomic mass is 16.5. The Bertz CT molecular complexity index is 629. The van der Waals surface area contributed by atoms with Crippen molar-refractivity contribution in [1.82, 2.24) is 10.2 Å². The normalized spacial score (nSPS) is 13.9. The van der Waals surface area contributed by atoms with Gasteiger partial charge in [0.25, 0.3) is 0 Å². The number of fused-ring (bicyclic) bond motifs is 1. The first-order valence-corrected chi connectivity index (χ1v) is 7.31. The lowest BCUT2D eigenvalue weighted by atomic mass is 9.92. The fourth-order valence-electron chi connectivity index (χ4n) is 2.44. The van der Waals surface area contributed by atoms with E-state index in [9.17, 15) is 0 Å². The van der Waals surface area contributed by atoms with Crippen LogP contribution in [0.25, 0.3) is 0 Å². The average Bonchev–Trinajstić information content (AvgIpc) is 3.03. The second-order valence-corrected chi connectivity index (χ2v) is 6.60. The lowest BCUT2D eigenvalue weighted by Gasteiger charge is -2.14. The van der Waals surface area contributed by atoms with Gasteiger partial charge in [-0.2, -0.15) is 0 Å². The van der Waals surface area contributed by atoms with Crippen LogP contribution in [0, 0.1) is 5.41 Å². The molecule has 1 aliphatic heterocycles. The van der Waals surface area contributed by atoms with E-state index in [2.05, 4.69) is 54.5 Å². The Labute approximate surface area is 124 Å². The first-order valence-electron chi connectivity index (χ1n) is 7.31. The van der Waals surface area contributed by atoms with E-state index in [1.165, 1.54) is 5.56 Å². The van der Waals surface area contributed by atoms with Crippen LogP contribution in [0.15, 0.2) is 22.6 Å². The summed E-state index contributed by atoms with van der Waals surface area (Å²) in [6, 6.07) is 6.69. The van der Waals surface area contributed by atoms with Crippen molar-refractivity contribution >= 4 is 6.01 Å². The number of aromatic nitrogens is 2. The van der Waals surface area contributed by atoms with E-state index < -0.39 is 0 Å². The topological polar surface area (TPSA) is 60.2 Å². The van der Waals surface area contributed by atoms with Crippen LogP contribution in [0.4, 0.5) is 6.01 Å². The number of ether oxygens (including phenoxy) is 1. The standard InChI is InChI=1S/C16H21N3O2/c1-16(2,3)9-13-18-19-15(21-13)17-10-12-6-4-5-11-7-8-20-14(11)12/h4-6H,7-10H2,1-3H3,(H,17,19). The number of rotatable bonds is 4. The van der Waals surface area contributed by atoms with Gasteiger partial charge in [-0.05, 0) is 11.0 Å². The van der Waals surface area contributed by atoms with Crippen molar-refractivity contribution < 1.29 is 9.15 Å². The third-order valence-electron chi connectivity index (χ3n) is 3.37. The van der Waals surface area contributed by atoms with Gasteiger partial charge in [-0.25, -0.2) is 0 Å². The summed E-state index contributed by atoms with van der Waals surface area (Å²) in [6.07, 6.45) is 1.75. The SMILES string of the molecule is CC(C)(C)Cc1nnc(NCc2cccc3c2OCC3)o1. The molecule has 112 valence electrons. The number of hydrogen-bond donors (Lipinski definition) is 1. The van der Waals surface area contributed by atoms with Crippen LogP contribution >= 0.6 is 0 Å². The molecule has 2 heterocycles. The molecule has 0 atom stereocenters. The minimum Gasteiger partial charge on any atom is -0.493 e. The third kappa shape index (κ3) is 3.35. The van der Waals surface area contributed by atoms with Crippen LogP contribution < -0.4 is 10.1 Å². The zero-order chi connectivity index (χ0) is 14.9. The summed E-state index contributed by atoms with van der Waals surface area (Å²) in [6.45, 7) is 7.84. The zero-order valence-corrected chi connectivity index (χ0v) is 12.8. The van der Waals surface area contributed by atoms with Crippen LogP contribution in [0.1, 0.15) is 37.8 Å². The van der Waals surface area contributed by atoms with Gasteiger partial charge in [0, 0.05) is 24.9 Å². The van der Waals surface area contributed by atoms with Gasteiger partial charge >= 0.3 is 6.01 Å². The maximum Gasteiger partial charge on any atom is 0.315 e. The Balaban J connectivity index is 1.65. The molecule has 0 saturated heterocycles. The molecule has 0 unspecified atom stereocenters. The van der Waals surface area contributed by atoms with E-state index in [0.29, 0.717) is 18.5 Å². The summed E-state index contributed by atoms with van der Waals surface area (Å²) in [5.41, 5.74) is 2.53. The fraction of sp³-hybridized carbons (Fsp3) is 0.500. The summed E-state index contributed by atoms with van der Waals surface area (Å²) >= 11 is 0. The van der Waals surface area contributed by atoms with E-state index in [-0.39, 0.29) is 5.41 Å². The molecule has 1 aromatic heterocycles. The Morgan fingerprint density at radius 3 is 2.90 bits per heavy atom. The van der Waals surface area contributed by atoms with Crippen molar-refractivity contribution in [3.8, 4) is 5.75 Å². The predicted octanol–water partition coefficient (Wildman–Crippen LogP) is 3.21. The Morgan fingerprint density at radius 2 is 2.10 bits per heavy atom. The molecule has 0 amide bonds. The van der Waals surface area contributed by atoms with E-state index >= 15 is 0 Å². The maximum atomic E-state index is 5.68. The molecule has 2 aromatic rings. The van der Waals surface area contributed by atoms with Gasteiger partial charge in [-0.15, -0.1) is 5.10 Å². The number of hydrogen-bond acceptors (Lipinski definition) is 5. The molecule has 0 spiro atoms. The molecule has 21 heavy (non-hydrogen) atoms. The van der Waals surface area contributed by atoms with E-state index in [4.69, 9.17) is 9.15 Å². The van der Waals surface area contributed by atoms with Crippen molar-refractivity contribution in [3.63, 3.8) is 0 Å². The fourth-order valence-corrected chi connectivity index (χ4v) is 2.44. The number of nitrogens with one attached hydrogen (secondary N) is 1. The van der Waals surface area contributed by atoms with E-state index in [1.807, 2.05) is 0 Å². The quantitative estimate of drug-likeness (QED) is 0.935. The summed E-state index contributed by atoms with van der Waals surface area (Å²) < 4.78 is 11.3. The van der Waals surface area contributed by atoms with E-state index in [0.717, 1.165) is 30.8 Å². The van der Waals surface area contributed by atoms with Crippen molar-refractivity contribution in [1.29, 1.82) is 0 Å². The molecule has 0 fully saturated rings. The van der Waals surface area contributed by atoms with Gasteiger partial charge in [0.05, 0.1) is 6.61 Å². The number of anilines is 1. The monoisotopic (exact) mass is 287 g/mol. The van der Waals surface area contributed by atoms with Crippen LogP contribution in [0.5, 0.6) is 5.75 Å². The molecule has 0 bridgehead atoms. The lowest BCUT2D eigenvalue weighted by Crippen LogP contribution is -2.09. The number of para-hydroxylation sites is 1. The van der Waals surface area contributed by atoms with Crippen molar-refractivity contribution in [2.75, 3.05) is 11.9 Å². The van der Waals surface area contributed by atoms with Gasteiger partial charge in [0.1, 0.15) is 5.75 Å². The van der Waals surface area contributed by atoms with Gasteiger partial charge < -0.3 is 14.5 Å². The van der Waals surface area contributed by atoms with Gasteiger partial charge in [-0.3, -0.25) is 0 Å². The summed E-state index contributed by atoms with van der Waals surface area (Å²) in [5.74, 6) is 1.67. The molecule has 0 radical (unpaired) electrons. The summed E-state index contributed by atoms with van der Waals surface area (Å²) in [5, 5.41) is 11.3. The Kier molecular flexibility index (Phi) is 3.57. The maximum absolute atomic E-state index is 5.68. The number of benzene rings is 1. The Hall–Kier alpha value is -2.04. The third-order valence-corrected chi connectivity index (χ3v) is 3.37. The molecule has 5 nitrogen and oxygen atoms in total. The molecular formula is C16H21N3O2. The first-order chi connectivity index (χ1) is 10.0. The van der Waals surface area contributed by atoms with Gasteiger partial charge in [0.2, 0.25) is 5.89 Å². The average molecular weight is 287 g/mol. The molecule has 5 heteroatoms. The highest BCUT2D eigenvalue weighted by molar-refractivity contribution is 5.45. The van der Waals surface area contributed by atoms with Crippen molar-refractivity contribution in [2.45, 2.75) is 40.2 Å². The predicted molar refractivity (Wildman–Crippen MR) is 80.4 cm³/mol. The molecule has 0 saturated carbocycles. The minimum atomic E-state index is 0.137. The lowest BCUT2D eigenvalue weighted by molar-refractivity contribution is 0.353.